The zero-order chi connectivity index (χ0) is 67.5. The number of unbranched alkanes of at least 4 members (excludes halogenated alkanes) is 43. The third kappa shape index (κ3) is 37.5. The first-order valence-corrected chi connectivity index (χ1v) is 38.4. The average Bonchev–Trinajstić information content (AvgIpc) is 0.902. The van der Waals surface area contributed by atoms with Crippen LogP contribution >= 0.6 is 0 Å². The smallest absolute Gasteiger partial charge is 0.220 e. The molecule has 3 saturated heterocycles. The Bertz CT molecular complexity index is 1730. The third-order valence-corrected chi connectivity index (χ3v) is 19.6. The van der Waals surface area contributed by atoms with Crippen LogP contribution in [0, 0.1) is 0 Å². The number of aliphatic hydroxyl groups is 11. The predicted molar refractivity (Wildman–Crippen MR) is 365 cm³/mol. The Kier molecular flexibility index (Phi) is 51.9. The van der Waals surface area contributed by atoms with Crippen molar-refractivity contribution in [2.45, 2.75) is 426 Å². The molecule has 0 radical (unpaired) electrons. The lowest BCUT2D eigenvalue weighted by molar-refractivity contribution is -0.379. The van der Waals surface area contributed by atoms with E-state index in [0.29, 0.717) is 12.8 Å². The van der Waals surface area contributed by atoms with Crippen molar-refractivity contribution in [2.24, 2.45) is 0 Å². The van der Waals surface area contributed by atoms with E-state index in [1.165, 1.54) is 244 Å². The zero-order valence-corrected chi connectivity index (χ0v) is 58.5. The second-order valence-electron chi connectivity index (χ2n) is 27.8. The van der Waals surface area contributed by atoms with Gasteiger partial charge < -0.3 is 89.9 Å². The van der Waals surface area contributed by atoms with Crippen LogP contribution in [0.3, 0.4) is 0 Å². The van der Waals surface area contributed by atoms with E-state index in [1.807, 2.05) is 0 Å². The lowest BCUT2D eigenvalue weighted by Gasteiger charge is -2.48. The van der Waals surface area contributed by atoms with Crippen LogP contribution in [0.25, 0.3) is 0 Å². The van der Waals surface area contributed by atoms with Gasteiger partial charge in [-0.2, -0.15) is 0 Å². The second kappa shape index (κ2) is 56.3. The molecule has 12 N–H and O–H groups in total. The highest BCUT2D eigenvalue weighted by Crippen LogP contribution is 2.33. The molecule has 1 amide bonds. The molecule has 3 rings (SSSR count). The highest BCUT2D eigenvalue weighted by Gasteiger charge is 2.53. The fraction of sp³-hybridized carbons (Fsp3) is 0.959. The maximum absolute atomic E-state index is 13.4. The van der Waals surface area contributed by atoms with E-state index in [0.717, 1.165) is 44.9 Å². The van der Waals surface area contributed by atoms with Gasteiger partial charge in [-0.3, -0.25) is 4.79 Å². The van der Waals surface area contributed by atoms with Crippen molar-refractivity contribution in [1.29, 1.82) is 0 Å². The van der Waals surface area contributed by atoms with Crippen LogP contribution in [-0.4, -0.2) is 193 Å². The topological polar surface area (TPSA) is 307 Å². The van der Waals surface area contributed by atoms with Gasteiger partial charge in [0.05, 0.1) is 38.6 Å². The monoisotopic (exact) mass is 1330 g/mol. The average molecular weight is 1330 g/mol. The highest BCUT2D eigenvalue weighted by atomic mass is 16.8. The lowest BCUT2D eigenvalue weighted by atomic mass is 9.96. The van der Waals surface area contributed by atoms with Gasteiger partial charge in [0.15, 0.2) is 18.9 Å². The van der Waals surface area contributed by atoms with Crippen LogP contribution in [0.2, 0.25) is 0 Å². The van der Waals surface area contributed by atoms with Gasteiger partial charge in [-0.15, -0.1) is 0 Å². The number of nitrogens with one attached hydrogen (secondary N) is 1. The summed E-state index contributed by atoms with van der Waals surface area (Å²) in [5.74, 6) is -0.236. The minimum Gasteiger partial charge on any atom is -0.394 e. The standard InChI is InChI=1S/C74H141NO18/c1-3-5-7-9-11-13-15-17-19-20-21-22-23-24-25-26-27-28-29-30-31-32-33-34-35-36-38-40-42-44-46-48-50-52-62(80)75-57(58(79)51-49-47-45-43-41-39-37-18-16-14-12-10-8-6-4-2)56-88-72-68(86)65(83)70(60(54-77)90-72)93-74-69(87)66(84)71(61(55-78)91-74)92-73-67(85)64(82)63(81)59(53-76)89-73/h20-21,57-61,63-74,76-79,81-87H,3-19,22-56H2,1-2H3,(H,75,80)/b21-20-. The van der Waals surface area contributed by atoms with E-state index >= 15 is 0 Å². The van der Waals surface area contributed by atoms with Gasteiger partial charge in [0, 0.05) is 6.42 Å². The van der Waals surface area contributed by atoms with E-state index in [9.17, 15) is 61.0 Å². The molecule has 0 saturated carbocycles. The Balaban J connectivity index is 1.33. The Labute approximate surface area is 563 Å². The van der Waals surface area contributed by atoms with Crippen molar-refractivity contribution in [3.63, 3.8) is 0 Å². The molecule has 0 spiro atoms. The van der Waals surface area contributed by atoms with Crippen LogP contribution < -0.4 is 5.32 Å². The molecule has 550 valence electrons. The number of hydrogen-bond donors (Lipinski definition) is 12. The highest BCUT2D eigenvalue weighted by molar-refractivity contribution is 5.76. The Morgan fingerprint density at radius 2 is 0.677 bits per heavy atom. The molecule has 19 heteroatoms. The molecule has 0 aromatic heterocycles. The van der Waals surface area contributed by atoms with Crippen molar-refractivity contribution >= 4 is 5.91 Å². The van der Waals surface area contributed by atoms with E-state index in [1.54, 1.807) is 0 Å². The molecule has 0 bridgehead atoms. The van der Waals surface area contributed by atoms with Gasteiger partial charge in [0.1, 0.15) is 73.2 Å². The molecular weight excluding hydrogens is 1190 g/mol. The first kappa shape index (κ1) is 85.8. The fourth-order valence-electron chi connectivity index (χ4n) is 13.4. The summed E-state index contributed by atoms with van der Waals surface area (Å²) in [5.41, 5.74) is 0. The Hall–Kier alpha value is -1.47. The first-order chi connectivity index (χ1) is 45.3. The zero-order valence-electron chi connectivity index (χ0n) is 58.5. The molecule has 0 aromatic rings. The largest absolute Gasteiger partial charge is 0.394 e. The van der Waals surface area contributed by atoms with E-state index in [2.05, 4.69) is 31.3 Å². The van der Waals surface area contributed by atoms with Gasteiger partial charge >= 0.3 is 0 Å². The summed E-state index contributed by atoms with van der Waals surface area (Å²) in [6.07, 6.45) is 37.4. The number of allylic oxidation sites excluding steroid dienone is 2. The van der Waals surface area contributed by atoms with E-state index in [-0.39, 0.29) is 18.9 Å². The number of ether oxygens (including phenoxy) is 6. The number of amides is 1. The van der Waals surface area contributed by atoms with Crippen LogP contribution in [0.15, 0.2) is 12.2 Å². The number of hydrogen-bond acceptors (Lipinski definition) is 18. The summed E-state index contributed by atoms with van der Waals surface area (Å²) in [6.45, 7) is 1.84. The summed E-state index contributed by atoms with van der Waals surface area (Å²) in [4.78, 5) is 13.4. The maximum Gasteiger partial charge on any atom is 0.220 e. The summed E-state index contributed by atoms with van der Waals surface area (Å²) in [6, 6.07) is -0.883. The number of rotatable bonds is 61. The fourth-order valence-corrected chi connectivity index (χ4v) is 13.4. The van der Waals surface area contributed by atoms with Gasteiger partial charge in [-0.1, -0.05) is 289 Å². The van der Waals surface area contributed by atoms with Gasteiger partial charge in [0.2, 0.25) is 5.91 Å². The predicted octanol–water partition coefficient (Wildman–Crippen LogP) is 11.6. The van der Waals surface area contributed by atoms with Crippen molar-refractivity contribution in [1.82, 2.24) is 5.32 Å². The molecule has 0 aromatic carbocycles. The van der Waals surface area contributed by atoms with Crippen LogP contribution in [0.5, 0.6) is 0 Å². The van der Waals surface area contributed by atoms with Crippen molar-refractivity contribution in [2.75, 3.05) is 26.4 Å². The van der Waals surface area contributed by atoms with Crippen molar-refractivity contribution in [3.8, 4) is 0 Å². The van der Waals surface area contributed by atoms with Gasteiger partial charge in [-0.25, -0.2) is 0 Å². The molecule has 93 heavy (non-hydrogen) atoms. The lowest BCUT2D eigenvalue weighted by Crippen LogP contribution is -2.66. The minimum atomic E-state index is -1.97. The quantitative estimate of drug-likeness (QED) is 0.0199. The SMILES string of the molecule is CCCCCCCCCC/C=C\CCCCCCCCCCCCCCCCCCCCCCCC(=O)NC(COC1OC(CO)C(OC2OC(CO)C(OC3OC(CO)C(O)C(O)C3O)C(O)C2O)C(O)C1O)C(O)CCCCCCCCCCCCCCCCC. The van der Waals surface area contributed by atoms with Crippen molar-refractivity contribution in [3.05, 3.63) is 12.2 Å². The molecule has 3 fully saturated rings. The third-order valence-electron chi connectivity index (χ3n) is 19.6. The number of aliphatic hydroxyl groups excluding tert-OH is 11. The van der Waals surface area contributed by atoms with Crippen molar-refractivity contribution < 1.29 is 89.4 Å². The molecule has 3 heterocycles. The summed E-state index contributed by atoms with van der Waals surface area (Å²) >= 11 is 0. The van der Waals surface area contributed by atoms with Crippen LogP contribution in [0.4, 0.5) is 0 Å². The number of carbonyl (C=O) groups is 1. The molecule has 17 unspecified atom stereocenters. The first-order valence-electron chi connectivity index (χ1n) is 38.4. The molecule has 0 aliphatic carbocycles. The van der Waals surface area contributed by atoms with Crippen LogP contribution in [-0.2, 0) is 33.2 Å². The maximum atomic E-state index is 13.4. The molecule has 3 aliphatic rings. The molecule has 19 nitrogen and oxygen atoms in total. The molecular formula is C74H141NO18. The van der Waals surface area contributed by atoms with Gasteiger partial charge in [-0.05, 0) is 38.5 Å². The summed E-state index contributed by atoms with van der Waals surface area (Å²) in [5, 5.41) is 121. The van der Waals surface area contributed by atoms with E-state index < -0.39 is 124 Å². The summed E-state index contributed by atoms with van der Waals surface area (Å²) in [7, 11) is 0. The second-order valence-corrected chi connectivity index (χ2v) is 27.8. The summed E-state index contributed by atoms with van der Waals surface area (Å²) < 4.78 is 34.5. The Morgan fingerprint density at radius 1 is 0.376 bits per heavy atom. The van der Waals surface area contributed by atoms with Gasteiger partial charge in [0.25, 0.3) is 0 Å². The van der Waals surface area contributed by atoms with Crippen LogP contribution in [0.1, 0.15) is 322 Å². The molecule has 3 aliphatic heterocycles. The number of carbonyl (C=O) groups excluding carboxylic acids is 1. The normalized spacial score (nSPS) is 27.5. The minimum absolute atomic E-state index is 0.236. The molecule has 17 atom stereocenters. The Morgan fingerprint density at radius 3 is 1.04 bits per heavy atom. The van der Waals surface area contributed by atoms with E-state index in [4.69, 9.17) is 28.4 Å².